The third-order valence-electron chi connectivity index (χ3n) is 3.39. The minimum absolute atomic E-state index is 0.249. The van der Waals surface area contributed by atoms with Gasteiger partial charge in [0.1, 0.15) is 5.75 Å². The van der Waals surface area contributed by atoms with Crippen molar-refractivity contribution in [1.29, 1.82) is 0 Å². The van der Waals surface area contributed by atoms with Crippen LogP contribution in [0.3, 0.4) is 0 Å². The molecule has 2 aromatic carbocycles. The molecule has 0 heterocycles. The van der Waals surface area contributed by atoms with Crippen molar-refractivity contribution in [3.8, 4) is 16.9 Å². The summed E-state index contributed by atoms with van der Waals surface area (Å²) >= 11 is 0. The predicted octanol–water partition coefficient (Wildman–Crippen LogP) is 2.71. The first-order valence-corrected chi connectivity index (χ1v) is 6.01. The SMILES string of the molecule is CC(=O)N(O)c1ccc2c(c1)Cc1cc(O)ccc1-2. The second-order valence-electron chi connectivity index (χ2n) is 4.69. The van der Waals surface area contributed by atoms with Gasteiger partial charge in [0, 0.05) is 6.92 Å². The molecule has 4 heteroatoms. The Labute approximate surface area is 110 Å². The third-order valence-corrected chi connectivity index (χ3v) is 3.39. The van der Waals surface area contributed by atoms with Crippen molar-refractivity contribution < 1.29 is 15.1 Å². The van der Waals surface area contributed by atoms with Crippen LogP contribution in [-0.4, -0.2) is 16.2 Å². The van der Waals surface area contributed by atoms with Gasteiger partial charge < -0.3 is 5.11 Å². The van der Waals surface area contributed by atoms with Gasteiger partial charge >= 0.3 is 0 Å². The number of benzene rings is 2. The number of hydrogen-bond donors (Lipinski definition) is 2. The molecule has 0 saturated heterocycles. The smallest absolute Gasteiger partial charge is 0.247 e. The van der Waals surface area contributed by atoms with E-state index in [4.69, 9.17) is 0 Å². The van der Waals surface area contributed by atoms with Crippen molar-refractivity contribution in [2.45, 2.75) is 13.3 Å². The monoisotopic (exact) mass is 255 g/mol. The summed E-state index contributed by atoms with van der Waals surface area (Å²) in [6, 6.07) is 10.7. The second-order valence-corrected chi connectivity index (χ2v) is 4.69. The number of aromatic hydroxyl groups is 1. The van der Waals surface area contributed by atoms with Crippen LogP contribution in [-0.2, 0) is 11.2 Å². The van der Waals surface area contributed by atoms with Crippen LogP contribution in [0.25, 0.3) is 11.1 Å². The molecular formula is C15H13NO3. The van der Waals surface area contributed by atoms with E-state index in [0.29, 0.717) is 17.2 Å². The van der Waals surface area contributed by atoms with Crippen molar-refractivity contribution in [2.75, 3.05) is 5.06 Å². The number of phenols is 1. The first-order valence-electron chi connectivity index (χ1n) is 6.01. The number of carbonyl (C=O) groups excluding carboxylic acids is 1. The van der Waals surface area contributed by atoms with E-state index in [0.717, 1.165) is 22.3 Å². The van der Waals surface area contributed by atoms with Crippen molar-refractivity contribution in [3.05, 3.63) is 47.5 Å². The minimum Gasteiger partial charge on any atom is -0.508 e. The summed E-state index contributed by atoms with van der Waals surface area (Å²) in [5.41, 5.74) is 4.73. The molecule has 2 aromatic rings. The van der Waals surface area contributed by atoms with Gasteiger partial charge in [0.15, 0.2) is 0 Å². The number of nitrogens with zero attached hydrogens (tertiary/aromatic N) is 1. The van der Waals surface area contributed by atoms with Gasteiger partial charge in [-0.1, -0.05) is 12.1 Å². The number of hydrogen-bond acceptors (Lipinski definition) is 3. The number of amides is 1. The molecule has 0 spiro atoms. The quantitative estimate of drug-likeness (QED) is 0.519. The predicted molar refractivity (Wildman–Crippen MR) is 71.3 cm³/mol. The van der Waals surface area contributed by atoms with Gasteiger partial charge in [-0.25, -0.2) is 0 Å². The molecule has 0 bridgehead atoms. The number of phenolic OH excluding ortho intramolecular Hbond substituents is 1. The van der Waals surface area contributed by atoms with Crippen LogP contribution in [0.15, 0.2) is 36.4 Å². The first-order chi connectivity index (χ1) is 9.06. The molecule has 19 heavy (non-hydrogen) atoms. The molecule has 1 aliphatic rings. The zero-order chi connectivity index (χ0) is 13.6. The zero-order valence-corrected chi connectivity index (χ0v) is 10.4. The van der Waals surface area contributed by atoms with E-state index >= 15 is 0 Å². The summed E-state index contributed by atoms with van der Waals surface area (Å²) in [4.78, 5) is 11.2. The molecule has 0 aromatic heterocycles. The molecule has 96 valence electrons. The van der Waals surface area contributed by atoms with E-state index in [-0.39, 0.29) is 5.75 Å². The maximum Gasteiger partial charge on any atom is 0.247 e. The van der Waals surface area contributed by atoms with Gasteiger partial charge in [-0.15, -0.1) is 0 Å². The Morgan fingerprint density at radius 3 is 2.42 bits per heavy atom. The topological polar surface area (TPSA) is 60.8 Å². The summed E-state index contributed by atoms with van der Waals surface area (Å²) in [7, 11) is 0. The number of fused-ring (bicyclic) bond motifs is 3. The average molecular weight is 255 g/mol. The maximum atomic E-state index is 11.2. The fourth-order valence-corrected chi connectivity index (χ4v) is 2.50. The van der Waals surface area contributed by atoms with Crippen LogP contribution in [0.5, 0.6) is 5.75 Å². The largest absolute Gasteiger partial charge is 0.508 e. The fourth-order valence-electron chi connectivity index (χ4n) is 2.50. The van der Waals surface area contributed by atoms with Crippen LogP contribution >= 0.6 is 0 Å². The summed E-state index contributed by atoms with van der Waals surface area (Å²) in [5, 5.41) is 19.8. The molecule has 1 amide bonds. The lowest BCUT2D eigenvalue weighted by atomic mass is 10.1. The Hall–Kier alpha value is -2.33. The Bertz CT molecular complexity index is 679. The highest BCUT2D eigenvalue weighted by atomic mass is 16.5. The lowest BCUT2D eigenvalue weighted by molar-refractivity contribution is -0.121. The van der Waals surface area contributed by atoms with Gasteiger partial charge in [-0.2, -0.15) is 5.06 Å². The van der Waals surface area contributed by atoms with E-state index < -0.39 is 5.91 Å². The number of rotatable bonds is 1. The summed E-state index contributed by atoms with van der Waals surface area (Å²) in [6.45, 7) is 1.31. The van der Waals surface area contributed by atoms with Crippen molar-refractivity contribution >= 4 is 11.6 Å². The molecule has 4 nitrogen and oxygen atoms in total. The molecule has 3 rings (SSSR count). The number of hydroxylamine groups is 1. The standard InChI is InChI=1S/C15H13NO3/c1-9(17)16(19)12-2-4-14-10(7-12)6-11-8-13(18)3-5-15(11)14/h2-5,7-8,18-19H,6H2,1H3. The van der Waals surface area contributed by atoms with E-state index in [1.54, 1.807) is 24.3 Å². The fraction of sp³-hybridized carbons (Fsp3) is 0.133. The summed E-state index contributed by atoms with van der Waals surface area (Å²) in [5.74, 6) is -0.174. The number of anilines is 1. The highest BCUT2D eigenvalue weighted by molar-refractivity contribution is 5.90. The van der Waals surface area contributed by atoms with E-state index in [1.165, 1.54) is 6.92 Å². The van der Waals surface area contributed by atoms with Crippen LogP contribution in [0.1, 0.15) is 18.1 Å². The average Bonchev–Trinajstić information content (AvgIpc) is 2.73. The van der Waals surface area contributed by atoms with E-state index in [9.17, 15) is 15.1 Å². The lowest BCUT2D eigenvalue weighted by Crippen LogP contribution is -2.23. The third kappa shape index (κ3) is 1.86. The highest BCUT2D eigenvalue weighted by Gasteiger charge is 2.20. The zero-order valence-electron chi connectivity index (χ0n) is 10.4. The van der Waals surface area contributed by atoms with Crippen molar-refractivity contribution in [2.24, 2.45) is 0 Å². The molecule has 0 aliphatic heterocycles. The van der Waals surface area contributed by atoms with E-state index in [1.807, 2.05) is 12.1 Å². The molecule has 1 aliphatic carbocycles. The van der Waals surface area contributed by atoms with Crippen LogP contribution in [0.4, 0.5) is 5.69 Å². The molecule has 0 saturated carbocycles. The Balaban J connectivity index is 2.05. The van der Waals surface area contributed by atoms with E-state index in [2.05, 4.69) is 0 Å². The molecule has 0 atom stereocenters. The van der Waals surface area contributed by atoms with Gasteiger partial charge in [-0.05, 0) is 52.9 Å². The van der Waals surface area contributed by atoms with Gasteiger partial charge in [0.25, 0.3) is 0 Å². The number of carbonyl (C=O) groups is 1. The molecule has 0 radical (unpaired) electrons. The molecule has 0 unspecified atom stereocenters. The molecule has 2 N–H and O–H groups in total. The maximum absolute atomic E-state index is 11.2. The first kappa shape index (κ1) is 11.7. The second kappa shape index (κ2) is 4.10. The lowest BCUT2D eigenvalue weighted by Gasteiger charge is -2.13. The Kier molecular flexibility index (Phi) is 2.54. The summed E-state index contributed by atoms with van der Waals surface area (Å²) in [6.07, 6.45) is 0.693. The molecular weight excluding hydrogens is 242 g/mol. The summed E-state index contributed by atoms with van der Waals surface area (Å²) < 4.78 is 0. The van der Waals surface area contributed by atoms with Crippen molar-refractivity contribution in [3.63, 3.8) is 0 Å². The van der Waals surface area contributed by atoms with Crippen LogP contribution < -0.4 is 5.06 Å². The van der Waals surface area contributed by atoms with Crippen LogP contribution in [0, 0.1) is 0 Å². The van der Waals surface area contributed by atoms with Gasteiger partial charge in [-0.3, -0.25) is 10.0 Å². The van der Waals surface area contributed by atoms with Gasteiger partial charge in [0.2, 0.25) is 5.91 Å². The Morgan fingerprint density at radius 2 is 1.74 bits per heavy atom. The van der Waals surface area contributed by atoms with Crippen LogP contribution in [0.2, 0.25) is 0 Å². The van der Waals surface area contributed by atoms with Crippen molar-refractivity contribution in [1.82, 2.24) is 0 Å². The highest BCUT2D eigenvalue weighted by Crippen LogP contribution is 2.39. The normalized spacial score (nSPS) is 11.9. The Morgan fingerprint density at radius 1 is 1.11 bits per heavy atom. The molecule has 0 fully saturated rings. The van der Waals surface area contributed by atoms with Gasteiger partial charge in [0.05, 0.1) is 5.69 Å². The minimum atomic E-state index is -0.423.